The van der Waals surface area contributed by atoms with Crippen molar-refractivity contribution in [3.05, 3.63) is 28.5 Å². The average Bonchev–Trinajstić information content (AvgIpc) is 2.27. The minimum absolute atomic E-state index is 0.0402. The summed E-state index contributed by atoms with van der Waals surface area (Å²) in [6, 6.07) is 2.56. The van der Waals surface area contributed by atoms with Gasteiger partial charge >= 0.3 is 0 Å². The summed E-state index contributed by atoms with van der Waals surface area (Å²) in [7, 11) is 0. The minimum atomic E-state index is -0.482. The Bertz CT molecular complexity index is 380. The molecule has 0 spiro atoms. The van der Waals surface area contributed by atoms with Gasteiger partial charge in [0.2, 0.25) is 0 Å². The van der Waals surface area contributed by atoms with Gasteiger partial charge in [-0.1, -0.05) is 11.6 Å². The lowest BCUT2D eigenvalue weighted by Gasteiger charge is -2.27. The second-order valence-electron chi connectivity index (χ2n) is 3.92. The first kappa shape index (κ1) is 11.6. The number of hydrogen-bond acceptors (Lipinski definition) is 3. The Balaban J connectivity index is 2.11. The molecule has 1 aliphatic heterocycles. The number of hydrogen-bond donors (Lipinski definition) is 2. The van der Waals surface area contributed by atoms with Crippen LogP contribution in [0.3, 0.4) is 0 Å². The highest BCUT2D eigenvalue weighted by molar-refractivity contribution is 6.30. The van der Waals surface area contributed by atoms with Gasteiger partial charge in [-0.05, 0) is 6.07 Å². The monoisotopic (exact) mass is 244 g/mol. The van der Waals surface area contributed by atoms with Crippen molar-refractivity contribution in [3.8, 4) is 5.75 Å². The number of halogens is 2. The molecule has 0 radical (unpaired) electrons. The Morgan fingerprint density at radius 2 is 2.06 bits per heavy atom. The maximum absolute atomic E-state index is 13.2. The zero-order valence-corrected chi connectivity index (χ0v) is 9.60. The molecular weight excluding hydrogens is 231 g/mol. The molecule has 1 fully saturated rings. The van der Waals surface area contributed by atoms with Crippen LogP contribution in [-0.4, -0.2) is 36.2 Å². The Kier molecular flexibility index (Phi) is 3.63. The van der Waals surface area contributed by atoms with E-state index >= 15 is 0 Å². The molecule has 1 aliphatic rings. The van der Waals surface area contributed by atoms with Gasteiger partial charge < -0.3 is 10.4 Å². The summed E-state index contributed by atoms with van der Waals surface area (Å²) in [5.74, 6) is -0.422. The molecule has 0 unspecified atom stereocenters. The fourth-order valence-electron chi connectivity index (χ4n) is 1.81. The molecular formula is C11H14ClFN2O. The van der Waals surface area contributed by atoms with Crippen molar-refractivity contribution >= 4 is 11.6 Å². The number of nitrogens with one attached hydrogen (secondary N) is 1. The Labute approximate surface area is 98.8 Å². The van der Waals surface area contributed by atoms with Gasteiger partial charge in [-0.3, -0.25) is 4.90 Å². The van der Waals surface area contributed by atoms with Crippen LogP contribution in [0, 0.1) is 5.82 Å². The summed E-state index contributed by atoms with van der Waals surface area (Å²) in [5.41, 5.74) is 0.587. The number of phenols is 1. The third-order valence-electron chi connectivity index (χ3n) is 2.73. The minimum Gasteiger partial charge on any atom is -0.508 e. The van der Waals surface area contributed by atoms with Crippen molar-refractivity contribution in [1.29, 1.82) is 0 Å². The first-order chi connectivity index (χ1) is 7.66. The molecule has 2 rings (SSSR count). The van der Waals surface area contributed by atoms with Crippen LogP contribution in [0.5, 0.6) is 5.75 Å². The van der Waals surface area contributed by atoms with Gasteiger partial charge in [0.05, 0.1) is 5.02 Å². The number of benzene rings is 1. The summed E-state index contributed by atoms with van der Waals surface area (Å²) >= 11 is 5.57. The Morgan fingerprint density at radius 3 is 2.75 bits per heavy atom. The number of rotatable bonds is 2. The molecule has 0 aliphatic carbocycles. The quantitative estimate of drug-likeness (QED) is 0.830. The van der Waals surface area contributed by atoms with E-state index in [4.69, 9.17) is 11.6 Å². The lowest BCUT2D eigenvalue weighted by Crippen LogP contribution is -2.42. The molecule has 16 heavy (non-hydrogen) atoms. The third-order valence-corrected chi connectivity index (χ3v) is 3.01. The molecule has 1 aromatic carbocycles. The van der Waals surface area contributed by atoms with Gasteiger partial charge in [0.25, 0.3) is 0 Å². The Hall–Kier alpha value is -0.840. The van der Waals surface area contributed by atoms with Crippen LogP contribution in [0.2, 0.25) is 5.02 Å². The predicted octanol–water partition coefficient (Wildman–Crippen LogP) is 1.59. The van der Waals surface area contributed by atoms with Crippen molar-refractivity contribution in [1.82, 2.24) is 10.2 Å². The molecule has 5 heteroatoms. The van der Waals surface area contributed by atoms with Crippen LogP contribution in [0.25, 0.3) is 0 Å². The van der Waals surface area contributed by atoms with E-state index in [-0.39, 0.29) is 10.8 Å². The fraction of sp³-hybridized carbons (Fsp3) is 0.455. The molecule has 1 aromatic rings. The summed E-state index contributed by atoms with van der Waals surface area (Å²) in [5, 5.41) is 12.8. The second kappa shape index (κ2) is 4.99. The highest BCUT2D eigenvalue weighted by Gasteiger charge is 2.14. The molecule has 3 nitrogen and oxygen atoms in total. The summed E-state index contributed by atoms with van der Waals surface area (Å²) in [6.45, 7) is 4.22. The molecule has 1 heterocycles. The van der Waals surface area contributed by atoms with E-state index in [1.165, 1.54) is 12.1 Å². The molecule has 88 valence electrons. The fourth-order valence-corrected chi connectivity index (χ4v) is 1.97. The summed E-state index contributed by atoms with van der Waals surface area (Å²) < 4.78 is 13.2. The van der Waals surface area contributed by atoms with E-state index in [9.17, 15) is 9.50 Å². The van der Waals surface area contributed by atoms with Crippen molar-refractivity contribution in [2.45, 2.75) is 6.54 Å². The molecule has 0 bridgehead atoms. The molecule has 0 atom stereocenters. The van der Waals surface area contributed by atoms with Gasteiger partial charge in [0.15, 0.2) is 0 Å². The van der Waals surface area contributed by atoms with Gasteiger partial charge in [-0.2, -0.15) is 0 Å². The van der Waals surface area contributed by atoms with E-state index in [0.717, 1.165) is 26.2 Å². The van der Waals surface area contributed by atoms with Crippen LogP contribution in [0.4, 0.5) is 4.39 Å². The molecule has 0 saturated carbocycles. The van der Waals surface area contributed by atoms with Crippen LogP contribution >= 0.6 is 11.6 Å². The van der Waals surface area contributed by atoms with Crippen molar-refractivity contribution in [3.63, 3.8) is 0 Å². The van der Waals surface area contributed by atoms with E-state index in [1.807, 2.05) is 0 Å². The lowest BCUT2D eigenvalue weighted by atomic mass is 10.1. The average molecular weight is 245 g/mol. The molecule has 1 saturated heterocycles. The van der Waals surface area contributed by atoms with Crippen molar-refractivity contribution in [2.24, 2.45) is 0 Å². The van der Waals surface area contributed by atoms with Crippen LogP contribution in [0.1, 0.15) is 5.56 Å². The van der Waals surface area contributed by atoms with E-state index in [2.05, 4.69) is 10.2 Å². The standard InChI is InChI=1S/C11H14ClFN2O/c12-9-6-11(16)8(5-10(9)13)7-15-3-1-14-2-4-15/h5-6,14,16H,1-4,7H2. The molecule has 0 aromatic heterocycles. The summed E-state index contributed by atoms with van der Waals surface area (Å²) in [6.07, 6.45) is 0. The van der Waals surface area contributed by atoms with Crippen LogP contribution in [0.15, 0.2) is 12.1 Å². The largest absolute Gasteiger partial charge is 0.508 e. The van der Waals surface area contributed by atoms with Gasteiger partial charge in [-0.25, -0.2) is 4.39 Å². The normalized spacial score (nSPS) is 17.6. The number of aromatic hydroxyl groups is 1. The van der Waals surface area contributed by atoms with Crippen molar-refractivity contribution in [2.75, 3.05) is 26.2 Å². The topological polar surface area (TPSA) is 35.5 Å². The maximum Gasteiger partial charge on any atom is 0.142 e. The number of piperazine rings is 1. The Morgan fingerprint density at radius 1 is 1.38 bits per heavy atom. The van der Waals surface area contributed by atoms with Crippen LogP contribution in [-0.2, 0) is 6.54 Å². The molecule has 2 N–H and O–H groups in total. The first-order valence-corrected chi connectivity index (χ1v) is 5.64. The zero-order chi connectivity index (χ0) is 11.5. The highest BCUT2D eigenvalue weighted by atomic mass is 35.5. The SMILES string of the molecule is Oc1cc(Cl)c(F)cc1CN1CCNCC1. The predicted molar refractivity (Wildman–Crippen MR) is 61.2 cm³/mol. The van der Waals surface area contributed by atoms with Gasteiger partial charge in [0.1, 0.15) is 11.6 Å². The zero-order valence-electron chi connectivity index (χ0n) is 8.84. The molecule has 0 amide bonds. The highest BCUT2D eigenvalue weighted by Crippen LogP contribution is 2.26. The number of phenolic OH excluding ortho intramolecular Hbond substituents is 1. The van der Waals surface area contributed by atoms with E-state index in [1.54, 1.807) is 0 Å². The van der Waals surface area contributed by atoms with Crippen LogP contribution < -0.4 is 5.32 Å². The lowest BCUT2D eigenvalue weighted by molar-refractivity contribution is 0.230. The first-order valence-electron chi connectivity index (χ1n) is 5.27. The van der Waals surface area contributed by atoms with E-state index in [0.29, 0.717) is 12.1 Å². The van der Waals surface area contributed by atoms with Crippen molar-refractivity contribution < 1.29 is 9.50 Å². The van der Waals surface area contributed by atoms with Gasteiger partial charge in [0, 0.05) is 44.4 Å². The third kappa shape index (κ3) is 2.64. The second-order valence-corrected chi connectivity index (χ2v) is 4.33. The number of nitrogens with zero attached hydrogens (tertiary/aromatic N) is 1. The van der Waals surface area contributed by atoms with Gasteiger partial charge in [-0.15, -0.1) is 0 Å². The smallest absolute Gasteiger partial charge is 0.142 e. The summed E-state index contributed by atoms with van der Waals surface area (Å²) in [4.78, 5) is 2.17. The maximum atomic E-state index is 13.2. The van der Waals surface area contributed by atoms with E-state index < -0.39 is 5.82 Å².